The first-order valence-electron chi connectivity index (χ1n) is 6.89. The molecule has 1 saturated heterocycles. The average Bonchev–Trinajstić information content (AvgIpc) is 3.06. The van der Waals surface area contributed by atoms with Gasteiger partial charge in [0, 0.05) is 24.7 Å². The van der Waals surface area contributed by atoms with Gasteiger partial charge in [-0.2, -0.15) is 0 Å². The van der Waals surface area contributed by atoms with E-state index in [4.69, 9.17) is 0 Å². The van der Waals surface area contributed by atoms with Gasteiger partial charge in [-0.05, 0) is 45.1 Å². The molecule has 0 aromatic carbocycles. The molecule has 0 aromatic heterocycles. The highest BCUT2D eigenvalue weighted by Crippen LogP contribution is 2.31. The third-order valence-electron chi connectivity index (χ3n) is 3.80. The van der Waals surface area contributed by atoms with E-state index < -0.39 is 0 Å². The Bertz CT molecular complexity index is 307. The molecular formula is C14H24N2O. The lowest BCUT2D eigenvalue weighted by Gasteiger charge is -2.15. The largest absolute Gasteiger partial charge is 0.352 e. The second-order valence-electron chi connectivity index (χ2n) is 5.39. The molecule has 0 radical (unpaired) electrons. The van der Waals surface area contributed by atoms with E-state index >= 15 is 0 Å². The van der Waals surface area contributed by atoms with Gasteiger partial charge in [0.2, 0.25) is 5.91 Å². The zero-order valence-corrected chi connectivity index (χ0v) is 11.0. The van der Waals surface area contributed by atoms with Crippen LogP contribution in [0.4, 0.5) is 0 Å². The highest BCUT2D eigenvalue weighted by Gasteiger charge is 2.34. The summed E-state index contributed by atoms with van der Waals surface area (Å²) in [5.74, 6) is 0.769. The van der Waals surface area contributed by atoms with Crippen LogP contribution in [0.25, 0.3) is 0 Å². The molecule has 1 heterocycles. The monoisotopic (exact) mass is 236 g/mol. The summed E-state index contributed by atoms with van der Waals surface area (Å²) in [7, 11) is 0. The van der Waals surface area contributed by atoms with Crippen LogP contribution < -0.4 is 5.32 Å². The first-order chi connectivity index (χ1) is 8.20. The molecule has 2 aliphatic rings. The molecule has 2 rings (SSSR count). The minimum Gasteiger partial charge on any atom is -0.352 e. The van der Waals surface area contributed by atoms with Gasteiger partial charge in [0.25, 0.3) is 0 Å². The molecule has 0 spiro atoms. The second kappa shape index (κ2) is 5.67. The predicted octanol–water partition coefficient (Wildman–Crippen LogP) is 1.94. The number of carbonyl (C=O) groups is 1. The quantitative estimate of drug-likeness (QED) is 0.740. The van der Waals surface area contributed by atoms with Crippen molar-refractivity contribution < 1.29 is 4.79 Å². The number of nitrogens with zero attached hydrogens (tertiary/aromatic N) is 1. The molecule has 96 valence electrons. The van der Waals surface area contributed by atoms with E-state index in [-0.39, 0.29) is 5.91 Å². The Labute approximate surface area is 104 Å². The molecule has 3 heteroatoms. The Morgan fingerprint density at radius 1 is 1.41 bits per heavy atom. The smallest absolute Gasteiger partial charge is 0.246 e. The predicted molar refractivity (Wildman–Crippen MR) is 69.8 cm³/mol. The van der Waals surface area contributed by atoms with Crippen LogP contribution in [0.15, 0.2) is 11.6 Å². The van der Waals surface area contributed by atoms with E-state index in [1.807, 2.05) is 13.0 Å². The maximum atomic E-state index is 11.7. The normalized spacial score (nSPS) is 26.2. The topological polar surface area (TPSA) is 32.3 Å². The van der Waals surface area contributed by atoms with Crippen molar-refractivity contribution in [2.75, 3.05) is 19.6 Å². The van der Waals surface area contributed by atoms with Crippen LogP contribution in [0.2, 0.25) is 0 Å². The van der Waals surface area contributed by atoms with Gasteiger partial charge < -0.3 is 10.2 Å². The first kappa shape index (κ1) is 12.6. The Kier molecular flexibility index (Phi) is 4.21. The van der Waals surface area contributed by atoms with E-state index in [1.165, 1.54) is 32.4 Å². The highest BCUT2D eigenvalue weighted by atomic mass is 16.1. The SMILES string of the molecule is CC/C=C(/C)C(=O)NC[C@@H]1CCN(C2CC2)C1. The summed E-state index contributed by atoms with van der Waals surface area (Å²) >= 11 is 0. The molecule has 1 atom stereocenters. The number of hydrogen-bond donors (Lipinski definition) is 1. The Balaban J connectivity index is 1.68. The zero-order valence-electron chi connectivity index (χ0n) is 11.0. The number of allylic oxidation sites excluding steroid dienone is 1. The van der Waals surface area contributed by atoms with E-state index in [9.17, 15) is 4.79 Å². The summed E-state index contributed by atoms with van der Waals surface area (Å²) in [5.41, 5.74) is 0.851. The number of carbonyl (C=O) groups excluding carboxylic acids is 1. The minimum atomic E-state index is 0.108. The summed E-state index contributed by atoms with van der Waals surface area (Å²) in [6.45, 7) is 7.21. The lowest BCUT2D eigenvalue weighted by molar-refractivity contribution is -0.117. The second-order valence-corrected chi connectivity index (χ2v) is 5.39. The van der Waals surface area contributed by atoms with Gasteiger partial charge in [0.1, 0.15) is 0 Å². The van der Waals surface area contributed by atoms with E-state index in [0.717, 1.165) is 24.6 Å². The number of hydrogen-bond acceptors (Lipinski definition) is 2. The van der Waals surface area contributed by atoms with Crippen LogP contribution in [0, 0.1) is 5.92 Å². The standard InChI is InChI=1S/C14H24N2O/c1-3-4-11(2)14(17)15-9-12-7-8-16(10-12)13-5-6-13/h4,12-13H,3,5-10H2,1-2H3,(H,15,17)/b11-4-/t12-/m0/s1. The Hall–Kier alpha value is -0.830. The van der Waals surface area contributed by atoms with Gasteiger partial charge in [-0.25, -0.2) is 0 Å². The Morgan fingerprint density at radius 3 is 2.82 bits per heavy atom. The number of nitrogens with one attached hydrogen (secondary N) is 1. The third-order valence-corrected chi connectivity index (χ3v) is 3.80. The van der Waals surface area contributed by atoms with Crippen molar-refractivity contribution in [2.45, 2.75) is 45.6 Å². The molecule has 0 aromatic rings. The Morgan fingerprint density at radius 2 is 2.18 bits per heavy atom. The third kappa shape index (κ3) is 3.56. The summed E-state index contributed by atoms with van der Waals surface area (Å²) in [5, 5.41) is 3.06. The molecule has 1 amide bonds. The molecule has 0 unspecified atom stereocenters. The maximum Gasteiger partial charge on any atom is 0.246 e. The number of amides is 1. The lowest BCUT2D eigenvalue weighted by Crippen LogP contribution is -2.31. The van der Waals surface area contributed by atoms with Crippen molar-refractivity contribution in [2.24, 2.45) is 5.92 Å². The lowest BCUT2D eigenvalue weighted by atomic mass is 10.1. The summed E-state index contributed by atoms with van der Waals surface area (Å²) in [6.07, 6.45) is 6.93. The fraction of sp³-hybridized carbons (Fsp3) is 0.786. The van der Waals surface area contributed by atoms with E-state index in [0.29, 0.717) is 5.92 Å². The van der Waals surface area contributed by atoms with Crippen LogP contribution in [-0.4, -0.2) is 36.5 Å². The maximum absolute atomic E-state index is 11.7. The molecule has 1 saturated carbocycles. The fourth-order valence-electron chi connectivity index (χ4n) is 2.58. The molecule has 17 heavy (non-hydrogen) atoms. The molecular weight excluding hydrogens is 212 g/mol. The van der Waals surface area contributed by atoms with Gasteiger partial charge >= 0.3 is 0 Å². The van der Waals surface area contributed by atoms with Crippen molar-refractivity contribution in [3.63, 3.8) is 0 Å². The van der Waals surface area contributed by atoms with Gasteiger partial charge in [-0.3, -0.25) is 4.79 Å². The molecule has 1 aliphatic heterocycles. The number of likely N-dealkylation sites (tertiary alicyclic amines) is 1. The van der Waals surface area contributed by atoms with Gasteiger partial charge in [0.05, 0.1) is 0 Å². The number of rotatable bonds is 5. The zero-order chi connectivity index (χ0) is 12.3. The average molecular weight is 236 g/mol. The first-order valence-corrected chi connectivity index (χ1v) is 6.89. The van der Waals surface area contributed by atoms with Gasteiger partial charge in [-0.15, -0.1) is 0 Å². The molecule has 2 fully saturated rings. The van der Waals surface area contributed by atoms with Crippen LogP contribution in [0.3, 0.4) is 0 Å². The minimum absolute atomic E-state index is 0.108. The van der Waals surface area contributed by atoms with Gasteiger partial charge in [-0.1, -0.05) is 13.0 Å². The van der Waals surface area contributed by atoms with Crippen molar-refractivity contribution >= 4 is 5.91 Å². The summed E-state index contributed by atoms with van der Waals surface area (Å²) in [6, 6.07) is 0.873. The van der Waals surface area contributed by atoms with Crippen molar-refractivity contribution in [3.05, 3.63) is 11.6 Å². The van der Waals surface area contributed by atoms with Crippen LogP contribution in [0.5, 0.6) is 0 Å². The highest BCUT2D eigenvalue weighted by molar-refractivity contribution is 5.92. The van der Waals surface area contributed by atoms with Crippen LogP contribution >= 0.6 is 0 Å². The summed E-state index contributed by atoms with van der Waals surface area (Å²) < 4.78 is 0. The van der Waals surface area contributed by atoms with Crippen molar-refractivity contribution in [3.8, 4) is 0 Å². The fourth-order valence-corrected chi connectivity index (χ4v) is 2.58. The van der Waals surface area contributed by atoms with Crippen LogP contribution in [-0.2, 0) is 4.79 Å². The molecule has 1 aliphatic carbocycles. The van der Waals surface area contributed by atoms with Crippen molar-refractivity contribution in [1.29, 1.82) is 0 Å². The van der Waals surface area contributed by atoms with E-state index in [2.05, 4.69) is 17.1 Å². The molecule has 0 bridgehead atoms. The summed E-state index contributed by atoms with van der Waals surface area (Å²) in [4.78, 5) is 14.3. The van der Waals surface area contributed by atoms with Crippen molar-refractivity contribution in [1.82, 2.24) is 10.2 Å². The van der Waals surface area contributed by atoms with Gasteiger partial charge in [0.15, 0.2) is 0 Å². The molecule has 3 nitrogen and oxygen atoms in total. The molecule has 1 N–H and O–H groups in total. The van der Waals surface area contributed by atoms with Crippen LogP contribution in [0.1, 0.15) is 39.5 Å². The van der Waals surface area contributed by atoms with E-state index in [1.54, 1.807) is 0 Å².